The summed E-state index contributed by atoms with van der Waals surface area (Å²) >= 11 is 0. The molecule has 0 unspecified atom stereocenters. The predicted octanol–water partition coefficient (Wildman–Crippen LogP) is 3.11. The molecule has 1 N–H and O–H groups in total. The minimum atomic E-state index is -0.837. The zero-order chi connectivity index (χ0) is 22.1. The SMILES string of the molecule is COC(=O)c1ccc(NC(=O)C[C@H]2C(=O)N(c3ccc(C)cc3)C(=O)N2C2CC2)cc1. The van der Waals surface area contributed by atoms with E-state index in [1.807, 2.05) is 19.1 Å². The van der Waals surface area contributed by atoms with Gasteiger partial charge in [-0.2, -0.15) is 0 Å². The Kier molecular flexibility index (Phi) is 5.46. The number of imide groups is 1. The van der Waals surface area contributed by atoms with E-state index in [4.69, 9.17) is 0 Å². The molecule has 1 atom stereocenters. The molecule has 0 radical (unpaired) electrons. The minimum absolute atomic E-state index is 0.0101. The summed E-state index contributed by atoms with van der Waals surface area (Å²) < 4.78 is 4.66. The number of amides is 4. The van der Waals surface area contributed by atoms with Gasteiger partial charge in [0.05, 0.1) is 24.8 Å². The molecule has 8 nitrogen and oxygen atoms in total. The summed E-state index contributed by atoms with van der Waals surface area (Å²) in [5, 5.41) is 2.73. The summed E-state index contributed by atoms with van der Waals surface area (Å²) in [6.07, 6.45) is 1.52. The van der Waals surface area contributed by atoms with Crippen molar-refractivity contribution in [3.63, 3.8) is 0 Å². The highest BCUT2D eigenvalue weighted by molar-refractivity contribution is 6.22. The highest BCUT2D eigenvalue weighted by Gasteiger charge is 2.51. The Hall–Kier alpha value is -3.68. The number of benzene rings is 2. The van der Waals surface area contributed by atoms with Crippen LogP contribution in [-0.2, 0) is 14.3 Å². The molecule has 160 valence electrons. The summed E-state index contributed by atoms with van der Waals surface area (Å²) in [6.45, 7) is 1.93. The first-order chi connectivity index (χ1) is 14.9. The van der Waals surface area contributed by atoms with E-state index in [0.717, 1.165) is 18.4 Å². The minimum Gasteiger partial charge on any atom is -0.465 e. The summed E-state index contributed by atoms with van der Waals surface area (Å²) in [5.41, 5.74) is 2.39. The van der Waals surface area contributed by atoms with Gasteiger partial charge in [-0.15, -0.1) is 0 Å². The van der Waals surface area contributed by atoms with E-state index in [-0.39, 0.29) is 24.4 Å². The van der Waals surface area contributed by atoms with Crippen molar-refractivity contribution in [3.8, 4) is 0 Å². The van der Waals surface area contributed by atoms with Crippen LogP contribution in [0.1, 0.15) is 35.2 Å². The summed E-state index contributed by atoms with van der Waals surface area (Å²) in [7, 11) is 1.30. The smallest absolute Gasteiger partial charge is 0.337 e. The Morgan fingerprint density at radius 3 is 2.26 bits per heavy atom. The van der Waals surface area contributed by atoms with Gasteiger partial charge in [0.1, 0.15) is 6.04 Å². The van der Waals surface area contributed by atoms with E-state index in [0.29, 0.717) is 16.9 Å². The van der Waals surface area contributed by atoms with Crippen molar-refractivity contribution >= 4 is 35.2 Å². The van der Waals surface area contributed by atoms with E-state index in [9.17, 15) is 19.2 Å². The maximum Gasteiger partial charge on any atom is 0.337 e. The first-order valence-corrected chi connectivity index (χ1v) is 10.1. The molecule has 4 rings (SSSR count). The van der Waals surface area contributed by atoms with Gasteiger partial charge in [-0.05, 0) is 56.2 Å². The van der Waals surface area contributed by atoms with Crippen LogP contribution in [0, 0.1) is 6.92 Å². The third-order valence-corrected chi connectivity index (χ3v) is 5.45. The van der Waals surface area contributed by atoms with Crippen molar-refractivity contribution in [2.75, 3.05) is 17.3 Å². The number of aryl methyl sites for hydroxylation is 1. The number of carbonyl (C=O) groups is 4. The molecule has 31 heavy (non-hydrogen) atoms. The zero-order valence-corrected chi connectivity index (χ0v) is 17.3. The lowest BCUT2D eigenvalue weighted by Gasteiger charge is -2.21. The van der Waals surface area contributed by atoms with Crippen LogP contribution in [0.5, 0.6) is 0 Å². The number of nitrogens with zero attached hydrogens (tertiary/aromatic N) is 2. The number of rotatable bonds is 6. The topological polar surface area (TPSA) is 96.0 Å². The predicted molar refractivity (Wildman–Crippen MR) is 114 cm³/mol. The Balaban J connectivity index is 1.49. The van der Waals surface area contributed by atoms with Crippen LogP contribution in [0.2, 0.25) is 0 Å². The first kappa shape index (κ1) is 20.6. The number of urea groups is 1. The number of ether oxygens (including phenoxy) is 1. The average Bonchev–Trinajstić information content (AvgIpc) is 3.56. The molecule has 0 aromatic heterocycles. The van der Waals surface area contributed by atoms with Crippen molar-refractivity contribution in [2.45, 2.75) is 38.3 Å². The maximum atomic E-state index is 13.1. The molecule has 4 amide bonds. The molecule has 1 heterocycles. The molecule has 8 heteroatoms. The van der Waals surface area contributed by atoms with Crippen molar-refractivity contribution in [2.24, 2.45) is 0 Å². The fourth-order valence-corrected chi connectivity index (χ4v) is 3.69. The Labute approximate surface area is 179 Å². The van der Waals surface area contributed by atoms with Crippen molar-refractivity contribution < 1.29 is 23.9 Å². The monoisotopic (exact) mass is 421 g/mol. The van der Waals surface area contributed by atoms with Crippen LogP contribution in [0.3, 0.4) is 0 Å². The Morgan fingerprint density at radius 2 is 1.68 bits per heavy atom. The number of anilines is 2. The first-order valence-electron chi connectivity index (χ1n) is 10.1. The summed E-state index contributed by atoms with van der Waals surface area (Å²) in [5.74, 6) is -1.24. The molecule has 1 aliphatic heterocycles. The van der Waals surface area contributed by atoms with Crippen LogP contribution < -0.4 is 10.2 Å². The van der Waals surface area contributed by atoms with Gasteiger partial charge >= 0.3 is 12.0 Å². The maximum absolute atomic E-state index is 13.1. The lowest BCUT2D eigenvalue weighted by molar-refractivity contribution is -0.124. The number of esters is 1. The fourth-order valence-electron chi connectivity index (χ4n) is 3.69. The largest absolute Gasteiger partial charge is 0.465 e. The molecule has 2 aromatic rings. The average molecular weight is 421 g/mol. The van der Waals surface area contributed by atoms with E-state index in [1.165, 1.54) is 12.0 Å². The Morgan fingerprint density at radius 1 is 1.03 bits per heavy atom. The van der Waals surface area contributed by atoms with Gasteiger partial charge < -0.3 is 15.0 Å². The lowest BCUT2D eigenvalue weighted by Crippen LogP contribution is -2.39. The van der Waals surface area contributed by atoms with Gasteiger partial charge in [0.2, 0.25) is 5.91 Å². The van der Waals surface area contributed by atoms with Gasteiger partial charge in [-0.25, -0.2) is 14.5 Å². The number of carbonyl (C=O) groups excluding carboxylic acids is 4. The molecule has 2 aliphatic rings. The van der Waals surface area contributed by atoms with Crippen molar-refractivity contribution in [3.05, 3.63) is 59.7 Å². The van der Waals surface area contributed by atoms with Crippen LogP contribution in [-0.4, -0.2) is 47.9 Å². The van der Waals surface area contributed by atoms with E-state index in [1.54, 1.807) is 41.3 Å². The molecule has 1 saturated heterocycles. The number of hydrogen-bond donors (Lipinski definition) is 1. The second kappa shape index (κ2) is 8.22. The van der Waals surface area contributed by atoms with Gasteiger partial charge in [0.15, 0.2) is 0 Å². The quantitative estimate of drug-likeness (QED) is 0.571. The van der Waals surface area contributed by atoms with Crippen LogP contribution in [0.4, 0.5) is 16.2 Å². The molecule has 0 bridgehead atoms. The highest BCUT2D eigenvalue weighted by atomic mass is 16.5. The third-order valence-electron chi connectivity index (χ3n) is 5.45. The van der Waals surface area contributed by atoms with Crippen molar-refractivity contribution in [1.29, 1.82) is 0 Å². The van der Waals surface area contributed by atoms with E-state index >= 15 is 0 Å². The molecule has 1 saturated carbocycles. The summed E-state index contributed by atoms with van der Waals surface area (Å²) in [4.78, 5) is 53.0. The second-order valence-electron chi connectivity index (χ2n) is 7.77. The van der Waals surface area contributed by atoms with E-state index < -0.39 is 17.9 Å². The van der Waals surface area contributed by atoms with Crippen molar-refractivity contribution in [1.82, 2.24) is 4.90 Å². The van der Waals surface area contributed by atoms with Gasteiger partial charge in [-0.3, -0.25) is 9.59 Å². The van der Waals surface area contributed by atoms with E-state index in [2.05, 4.69) is 10.1 Å². The zero-order valence-electron chi connectivity index (χ0n) is 17.3. The van der Waals surface area contributed by atoms with Gasteiger partial charge in [0, 0.05) is 11.7 Å². The van der Waals surface area contributed by atoms with Crippen LogP contribution in [0.15, 0.2) is 48.5 Å². The number of hydrogen-bond acceptors (Lipinski definition) is 5. The van der Waals surface area contributed by atoms with Crippen LogP contribution in [0.25, 0.3) is 0 Å². The molecule has 0 spiro atoms. The Bertz CT molecular complexity index is 1030. The standard InChI is InChI=1S/C23H23N3O5/c1-14-3-9-18(10-4-14)26-21(28)19(25(23(26)30)17-11-12-17)13-20(27)24-16-7-5-15(6-8-16)22(29)31-2/h3-10,17,19H,11-13H2,1-2H3,(H,24,27)/t19-/m0/s1. The number of methoxy groups -OCH3 is 1. The molecule has 2 fully saturated rings. The second-order valence-corrected chi connectivity index (χ2v) is 7.77. The molecule has 2 aromatic carbocycles. The molecular formula is C23H23N3O5. The highest BCUT2D eigenvalue weighted by Crippen LogP contribution is 2.36. The molecule has 1 aliphatic carbocycles. The number of nitrogens with one attached hydrogen (secondary N) is 1. The normalized spacial score (nSPS) is 18.3. The molecular weight excluding hydrogens is 398 g/mol. The summed E-state index contributed by atoms with van der Waals surface area (Å²) in [6, 6.07) is 12.2. The lowest BCUT2D eigenvalue weighted by atomic mass is 10.1. The fraction of sp³-hybridized carbons (Fsp3) is 0.304. The van der Waals surface area contributed by atoms with Gasteiger partial charge in [-0.1, -0.05) is 17.7 Å². The third kappa shape index (κ3) is 4.14. The van der Waals surface area contributed by atoms with Gasteiger partial charge in [0.25, 0.3) is 5.91 Å². The van der Waals surface area contributed by atoms with Crippen LogP contribution >= 0.6 is 0 Å².